The van der Waals surface area contributed by atoms with E-state index in [-0.39, 0.29) is 23.7 Å². The van der Waals surface area contributed by atoms with Crippen molar-refractivity contribution in [1.82, 2.24) is 4.90 Å². The van der Waals surface area contributed by atoms with E-state index >= 15 is 0 Å². The first-order valence-electron chi connectivity index (χ1n) is 10.4. The monoisotopic (exact) mass is 441 g/mol. The largest absolute Gasteiger partial charge is 0.507 e. The molecule has 2 aromatic carbocycles. The summed E-state index contributed by atoms with van der Waals surface area (Å²) in [6.07, 6.45) is 3.64. The average molecular weight is 442 g/mol. The molecule has 1 aromatic heterocycles. The van der Waals surface area contributed by atoms with Crippen molar-refractivity contribution in [2.24, 2.45) is 10.9 Å². The maximum Gasteiger partial charge on any atom is 0.343 e. The Morgan fingerprint density at radius 2 is 1.77 bits per heavy atom. The molecule has 0 radical (unpaired) electrons. The van der Waals surface area contributed by atoms with Crippen molar-refractivity contribution in [3.63, 3.8) is 0 Å². The molecule has 1 aliphatic rings. The topological polar surface area (TPSA) is 92.1 Å². The molecule has 31 heavy (non-hydrogen) atoms. The van der Waals surface area contributed by atoms with E-state index in [1.54, 1.807) is 18.2 Å². The molecule has 0 spiro atoms. The Labute approximate surface area is 187 Å². The second kappa shape index (κ2) is 10.5. The number of hydrazone groups is 1. The predicted octanol–water partition coefficient (Wildman–Crippen LogP) is 4.24. The molecule has 0 saturated carbocycles. The summed E-state index contributed by atoms with van der Waals surface area (Å²) in [5.41, 5.74) is 1.83. The molecule has 0 amide bonds. The lowest BCUT2D eigenvalue weighted by Gasteiger charge is -2.21. The summed E-state index contributed by atoms with van der Waals surface area (Å²) in [6, 6.07) is 16.7. The second-order valence-electron chi connectivity index (χ2n) is 7.81. The normalized spacial score (nSPS) is 15.7. The molecule has 0 bridgehead atoms. The smallest absolute Gasteiger partial charge is 0.343 e. The highest BCUT2D eigenvalue weighted by Gasteiger charge is 2.26. The summed E-state index contributed by atoms with van der Waals surface area (Å²) in [7, 11) is 0. The van der Waals surface area contributed by atoms with Gasteiger partial charge in [0.05, 0.1) is 10.9 Å². The van der Waals surface area contributed by atoms with Gasteiger partial charge in [-0.05, 0) is 50.0 Å². The number of likely N-dealkylation sites (tertiary alicyclic amines) is 1. The number of hydrogen-bond donors (Lipinski definition) is 2. The van der Waals surface area contributed by atoms with Gasteiger partial charge in [-0.25, -0.2) is 4.79 Å². The van der Waals surface area contributed by atoms with Crippen LogP contribution in [0.3, 0.4) is 0 Å². The fourth-order valence-corrected chi connectivity index (χ4v) is 4.28. The quantitative estimate of drug-likeness (QED) is 0.247. The molecule has 6 nitrogen and oxygen atoms in total. The van der Waals surface area contributed by atoms with Crippen molar-refractivity contribution in [3.05, 3.63) is 76.1 Å². The van der Waals surface area contributed by atoms with Crippen LogP contribution in [0.4, 0.5) is 0 Å². The van der Waals surface area contributed by atoms with Gasteiger partial charge < -0.3 is 20.3 Å². The molecule has 7 heteroatoms. The molecule has 4 rings (SSSR count). The van der Waals surface area contributed by atoms with Crippen molar-refractivity contribution in [1.29, 1.82) is 0 Å². The molecular weight excluding hydrogens is 414 g/mol. The Morgan fingerprint density at radius 1 is 1.10 bits per heavy atom. The second-order valence-corrected chi connectivity index (χ2v) is 7.81. The van der Waals surface area contributed by atoms with Gasteiger partial charge in [0, 0.05) is 24.6 Å². The molecule has 2 heterocycles. The van der Waals surface area contributed by atoms with Crippen LogP contribution in [0.15, 0.2) is 68.9 Å². The zero-order valence-electron chi connectivity index (χ0n) is 17.4. The van der Waals surface area contributed by atoms with Crippen LogP contribution in [0, 0.1) is 0 Å². The van der Waals surface area contributed by atoms with E-state index in [0.29, 0.717) is 17.4 Å². The van der Waals surface area contributed by atoms with Gasteiger partial charge in [0.15, 0.2) is 0 Å². The third-order valence-corrected chi connectivity index (χ3v) is 5.91. The van der Waals surface area contributed by atoms with Crippen LogP contribution in [0.5, 0.6) is 5.75 Å². The number of aromatic hydroxyl groups is 1. The van der Waals surface area contributed by atoms with Gasteiger partial charge >= 0.3 is 5.63 Å². The molecule has 164 valence electrons. The third-order valence-electron chi connectivity index (χ3n) is 5.91. The SMILES string of the molecule is Cl.N/N=C(\CCN1CCCC1)CC(c1ccccc1)c1c(O)c2ccccc2oc1=O. The zero-order chi connectivity index (χ0) is 20.9. The van der Waals surface area contributed by atoms with Gasteiger partial charge in [-0.1, -0.05) is 42.5 Å². The number of hydrogen-bond acceptors (Lipinski definition) is 6. The van der Waals surface area contributed by atoms with Crippen molar-refractivity contribution in [2.45, 2.75) is 31.6 Å². The minimum absolute atomic E-state index is 0. The fourth-order valence-electron chi connectivity index (χ4n) is 4.28. The highest BCUT2D eigenvalue weighted by Crippen LogP contribution is 2.36. The highest BCUT2D eigenvalue weighted by molar-refractivity contribution is 5.87. The van der Waals surface area contributed by atoms with Crippen molar-refractivity contribution in [2.75, 3.05) is 19.6 Å². The number of nitrogens with zero attached hydrogens (tertiary/aromatic N) is 2. The van der Waals surface area contributed by atoms with Gasteiger partial charge in [-0.15, -0.1) is 12.4 Å². The molecule has 1 unspecified atom stereocenters. The van der Waals surface area contributed by atoms with E-state index in [9.17, 15) is 9.90 Å². The van der Waals surface area contributed by atoms with E-state index < -0.39 is 11.5 Å². The molecular formula is C24H28ClN3O3. The molecule has 1 atom stereocenters. The maximum atomic E-state index is 12.9. The molecule has 1 saturated heterocycles. The average Bonchev–Trinajstić information content (AvgIpc) is 3.29. The standard InChI is InChI=1S/C24H27N3O3.ClH/c25-26-18(12-15-27-13-6-7-14-27)16-20(17-8-2-1-3-9-17)22-23(28)19-10-4-5-11-21(19)30-24(22)29;/h1-5,8-11,20,28H,6-7,12-16,25H2;1H/b26-18+;. The van der Waals surface area contributed by atoms with E-state index in [0.717, 1.165) is 37.3 Å². The van der Waals surface area contributed by atoms with Crippen LogP contribution in [0.2, 0.25) is 0 Å². The van der Waals surface area contributed by atoms with E-state index in [1.807, 2.05) is 36.4 Å². The van der Waals surface area contributed by atoms with Gasteiger partial charge in [0.25, 0.3) is 0 Å². The van der Waals surface area contributed by atoms with E-state index in [2.05, 4.69) is 10.0 Å². The van der Waals surface area contributed by atoms with Crippen LogP contribution in [0.1, 0.15) is 42.7 Å². The van der Waals surface area contributed by atoms with Gasteiger partial charge in [0.1, 0.15) is 11.3 Å². The van der Waals surface area contributed by atoms with Crippen molar-refractivity contribution in [3.8, 4) is 5.75 Å². The van der Waals surface area contributed by atoms with Gasteiger partial charge in [-0.2, -0.15) is 5.10 Å². The van der Waals surface area contributed by atoms with Crippen molar-refractivity contribution < 1.29 is 9.52 Å². The Balaban J connectivity index is 0.00000272. The highest BCUT2D eigenvalue weighted by atomic mass is 35.5. The lowest BCUT2D eigenvalue weighted by molar-refractivity contribution is 0.349. The number of para-hydroxylation sites is 1. The van der Waals surface area contributed by atoms with Crippen LogP contribution in [0.25, 0.3) is 11.0 Å². The summed E-state index contributed by atoms with van der Waals surface area (Å²) < 4.78 is 5.54. The summed E-state index contributed by atoms with van der Waals surface area (Å²) in [5, 5.41) is 15.6. The minimum atomic E-state index is -0.532. The van der Waals surface area contributed by atoms with Crippen LogP contribution in [-0.2, 0) is 0 Å². The molecule has 3 aromatic rings. The maximum absolute atomic E-state index is 12.9. The fraction of sp³-hybridized carbons (Fsp3) is 0.333. The Kier molecular flexibility index (Phi) is 7.71. The van der Waals surface area contributed by atoms with Crippen LogP contribution in [-0.4, -0.2) is 35.4 Å². The Bertz CT molecular complexity index is 1090. The first-order valence-corrected chi connectivity index (χ1v) is 10.4. The predicted molar refractivity (Wildman–Crippen MR) is 126 cm³/mol. The molecule has 1 fully saturated rings. The van der Waals surface area contributed by atoms with Crippen molar-refractivity contribution >= 4 is 29.1 Å². The lowest BCUT2D eigenvalue weighted by Crippen LogP contribution is -2.24. The van der Waals surface area contributed by atoms with E-state index in [1.165, 1.54) is 12.8 Å². The van der Waals surface area contributed by atoms with Gasteiger partial charge in [0.2, 0.25) is 0 Å². The number of rotatable bonds is 7. The summed E-state index contributed by atoms with van der Waals surface area (Å²) in [5.74, 6) is 5.30. The third kappa shape index (κ3) is 5.09. The first kappa shape index (κ1) is 22.8. The summed E-state index contributed by atoms with van der Waals surface area (Å²) in [6.45, 7) is 3.11. The summed E-state index contributed by atoms with van der Waals surface area (Å²) >= 11 is 0. The van der Waals surface area contributed by atoms with Crippen LogP contribution < -0.4 is 11.5 Å². The Morgan fingerprint density at radius 3 is 2.48 bits per heavy atom. The molecule has 1 aliphatic heterocycles. The summed E-state index contributed by atoms with van der Waals surface area (Å²) in [4.78, 5) is 15.3. The molecule has 3 N–H and O–H groups in total. The zero-order valence-corrected chi connectivity index (χ0v) is 18.2. The number of nitrogens with two attached hydrogens (primary N) is 1. The van der Waals surface area contributed by atoms with E-state index in [4.69, 9.17) is 10.3 Å². The first-order chi connectivity index (χ1) is 14.7. The lowest BCUT2D eigenvalue weighted by atomic mass is 9.86. The Hall–Kier alpha value is -2.83. The number of halogens is 1. The minimum Gasteiger partial charge on any atom is -0.507 e. The molecule has 0 aliphatic carbocycles. The number of benzene rings is 2. The van der Waals surface area contributed by atoms with Gasteiger partial charge in [-0.3, -0.25) is 0 Å². The van der Waals surface area contributed by atoms with Crippen LogP contribution >= 0.6 is 12.4 Å². The number of fused-ring (bicyclic) bond motifs is 1.